The van der Waals surface area contributed by atoms with Crippen molar-refractivity contribution < 1.29 is 4.79 Å². The van der Waals surface area contributed by atoms with E-state index in [1.165, 1.54) is 0 Å². The lowest BCUT2D eigenvalue weighted by Crippen LogP contribution is -2.18. The van der Waals surface area contributed by atoms with E-state index in [4.69, 9.17) is 0 Å². The van der Waals surface area contributed by atoms with E-state index >= 15 is 0 Å². The van der Waals surface area contributed by atoms with Gasteiger partial charge in [0.25, 0.3) is 0 Å². The first-order chi connectivity index (χ1) is 8.27. The van der Waals surface area contributed by atoms with Crippen LogP contribution in [0.3, 0.4) is 0 Å². The van der Waals surface area contributed by atoms with Crippen LogP contribution in [0.2, 0.25) is 0 Å². The second-order valence-corrected chi connectivity index (χ2v) is 4.60. The molecule has 1 aliphatic carbocycles. The summed E-state index contributed by atoms with van der Waals surface area (Å²) in [6.45, 7) is 5.97. The Labute approximate surface area is 103 Å². The van der Waals surface area contributed by atoms with Gasteiger partial charge in [0.1, 0.15) is 0 Å². The monoisotopic (exact) mass is 226 g/mol. The maximum Gasteiger partial charge on any atom is 0.164 e. The van der Waals surface area contributed by atoms with E-state index < -0.39 is 0 Å². The minimum Gasteiger partial charge on any atom is -0.294 e. The Hall–Kier alpha value is -1.59. The van der Waals surface area contributed by atoms with Gasteiger partial charge in [-0.3, -0.25) is 4.79 Å². The second-order valence-electron chi connectivity index (χ2n) is 4.60. The van der Waals surface area contributed by atoms with Crippen molar-refractivity contribution in [3.8, 4) is 0 Å². The molecule has 0 N–H and O–H groups in total. The quantitative estimate of drug-likeness (QED) is 0.704. The van der Waals surface area contributed by atoms with Crippen LogP contribution in [-0.4, -0.2) is 5.78 Å². The number of Topliss-reactive ketones (excluding diaryl/α,β-unsaturated/α-hetero) is 1. The molecule has 1 aromatic carbocycles. The summed E-state index contributed by atoms with van der Waals surface area (Å²) in [5.74, 6) is 0.579. The molecule has 0 spiro atoms. The molecule has 1 unspecified atom stereocenters. The molecule has 0 amide bonds. The molecule has 0 radical (unpaired) electrons. The number of allylic oxidation sites excluding steroid dienone is 1. The summed E-state index contributed by atoms with van der Waals surface area (Å²) in [6.07, 6.45) is 4.01. The normalized spacial score (nSPS) is 18.8. The molecule has 0 bridgehead atoms. The number of carbonyl (C=O) groups is 1. The highest BCUT2D eigenvalue weighted by molar-refractivity contribution is 6.04. The first-order valence-electron chi connectivity index (χ1n) is 6.30. The number of rotatable bonds is 3. The lowest BCUT2D eigenvalue weighted by molar-refractivity contribution is 0.0963. The summed E-state index contributed by atoms with van der Waals surface area (Å²) in [6, 6.07) is 7.82. The number of carbonyl (C=O) groups excluding carboxylic acids is 1. The molecule has 1 aromatic rings. The Kier molecular flexibility index (Phi) is 3.61. The molecular formula is C16H18O. The van der Waals surface area contributed by atoms with E-state index in [1.54, 1.807) is 0 Å². The predicted octanol–water partition coefficient (Wildman–Crippen LogP) is 4.25. The van der Waals surface area contributed by atoms with E-state index in [0.29, 0.717) is 12.3 Å². The van der Waals surface area contributed by atoms with Crippen LogP contribution >= 0.6 is 0 Å². The molecule has 1 aliphatic rings. The third-order valence-electron chi connectivity index (χ3n) is 3.45. The highest BCUT2D eigenvalue weighted by Crippen LogP contribution is 2.37. The molecule has 1 heteroatoms. The number of ketones is 1. The molecule has 1 atom stereocenters. The third kappa shape index (κ3) is 2.25. The van der Waals surface area contributed by atoms with Crippen molar-refractivity contribution >= 4 is 11.4 Å². The summed E-state index contributed by atoms with van der Waals surface area (Å²) in [5.41, 5.74) is 6.07. The second kappa shape index (κ2) is 5.16. The van der Waals surface area contributed by atoms with E-state index in [9.17, 15) is 4.79 Å². The average Bonchev–Trinajstić information content (AvgIpc) is 2.36. The molecule has 0 aromatic heterocycles. The molecule has 0 saturated carbocycles. The number of benzene rings is 1. The zero-order valence-corrected chi connectivity index (χ0v) is 10.3. The predicted molar refractivity (Wildman–Crippen MR) is 71.0 cm³/mol. The smallest absolute Gasteiger partial charge is 0.164 e. The van der Waals surface area contributed by atoms with E-state index in [0.717, 1.165) is 36.0 Å². The number of unbranched alkanes of at least 4 members (excludes halogenated alkanes) is 1. The summed E-state index contributed by atoms with van der Waals surface area (Å²) < 4.78 is 0. The van der Waals surface area contributed by atoms with Crippen molar-refractivity contribution in [2.24, 2.45) is 5.92 Å². The number of hydrogen-bond acceptors (Lipinski definition) is 1. The molecule has 0 aliphatic heterocycles. The lowest BCUT2D eigenvalue weighted by atomic mass is 9.77. The van der Waals surface area contributed by atoms with Gasteiger partial charge in [0.15, 0.2) is 5.78 Å². The highest BCUT2D eigenvalue weighted by atomic mass is 16.1. The molecule has 17 heavy (non-hydrogen) atoms. The molecule has 88 valence electrons. The largest absolute Gasteiger partial charge is 0.294 e. The van der Waals surface area contributed by atoms with E-state index in [2.05, 4.69) is 19.2 Å². The van der Waals surface area contributed by atoms with Gasteiger partial charge in [-0.25, -0.2) is 0 Å². The van der Waals surface area contributed by atoms with Crippen molar-refractivity contribution in [2.75, 3.05) is 0 Å². The average molecular weight is 226 g/mol. The summed E-state index contributed by atoms with van der Waals surface area (Å²) in [4.78, 5) is 12.1. The fourth-order valence-electron chi connectivity index (χ4n) is 2.55. The standard InChI is InChI=1S/C16H18O/c1-3-5-8-12-11-16(17)15-10-7-6-9-14(15)13(12)4-2/h6-7,9-10,12H,2-3,5,8,11H2,1H3. The summed E-state index contributed by atoms with van der Waals surface area (Å²) in [7, 11) is 0. The topological polar surface area (TPSA) is 17.1 Å². The van der Waals surface area contributed by atoms with Gasteiger partial charge in [-0.2, -0.15) is 0 Å². The van der Waals surface area contributed by atoms with E-state index in [1.807, 2.05) is 24.3 Å². The van der Waals surface area contributed by atoms with Crippen molar-refractivity contribution in [1.29, 1.82) is 0 Å². The lowest BCUT2D eigenvalue weighted by Gasteiger charge is -2.25. The van der Waals surface area contributed by atoms with Crippen LogP contribution in [0.25, 0.3) is 5.57 Å². The van der Waals surface area contributed by atoms with Gasteiger partial charge in [0.05, 0.1) is 0 Å². The maximum absolute atomic E-state index is 12.1. The fourth-order valence-corrected chi connectivity index (χ4v) is 2.55. The summed E-state index contributed by atoms with van der Waals surface area (Å²) in [5, 5.41) is 0. The van der Waals surface area contributed by atoms with Crippen molar-refractivity contribution in [2.45, 2.75) is 32.6 Å². The maximum atomic E-state index is 12.1. The van der Waals surface area contributed by atoms with Crippen molar-refractivity contribution in [3.05, 3.63) is 47.7 Å². The first kappa shape index (κ1) is 11.9. The zero-order chi connectivity index (χ0) is 12.3. The van der Waals surface area contributed by atoms with Gasteiger partial charge in [-0.05, 0) is 17.9 Å². The fraction of sp³-hybridized carbons (Fsp3) is 0.375. The number of hydrogen-bond donors (Lipinski definition) is 0. The van der Waals surface area contributed by atoms with Gasteiger partial charge in [0, 0.05) is 17.6 Å². The highest BCUT2D eigenvalue weighted by Gasteiger charge is 2.28. The minimum absolute atomic E-state index is 0.265. The third-order valence-corrected chi connectivity index (χ3v) is 3.45. The Morgan fingerprint density at radius 3 is 2.71 bits per heavy atom. The van der Waals surface area contributed by atoms with Crippen LogP contribution in [0.15, 0.2) is 36.6 Å². The summed E-state index contributed by atoms with van der Waals surface area (Å²) >= 11 is 0. The van der Waals surface area contributed by atoms with Gasteiger partial charge in [0.2, 0.25) is 0 Å². The van der Waals surface area contributed by atoms with Gasteiger partial charge in [-0.15, -0.1) is 5.73 Å². The SMILES string of the molecule is C=C=C1c2ccccc2C(=O)CC1CCCC. The molecule has 0 saturated heterocycles. The van der Waals surface area contributed by atoms with Crippen LogP contribution in [0.1, 0.15) is 48.5 Å². The Balaban J connectivity index is 2.39. The minimum atomic E-state index is 0.265. The Morgan fingerprint density at radius 1 is 1.35 bits per heavy atom. The van der Waals surface area contributed by atoms with Crippen molar-refractivity contribution in [3.63, 3.8) is 0 Å². The molecule has 0 fully saturated rings. The van der Waals surface area contributed by atoms with Crippen LogP contribution < -0.4 is 0 Å². The van der Waals surface area contributed by atoms with Crippen LogP contribution in [0.4, 0.5) is 0 Å². The van der Waals surface area contributed by atoms with Gasteiger partial charge in [-0.1, -0.05) is 50.6 Å². The Bertz CT molecular complexity index is 478. The molecule has 2 rings (SSSR count). The van der Waals surface area contributed by atoms with E-state index in [-0.39, 0.29) is 5.78 Å². The van der Waals surface area contributed by atoms with Gasteiger partial charge >= 0.3 is 0 Å². The zero-order valence-electron chi connectivity index (χ0n) is 10.3. The molecular weight excluding hydrogens is 208 g/mol. The van der Waals surface area contributed by atoms with Crippen LogP contribution in [0, 0.1) is 5.92 Å². The first-order valence-corrected chi connectivity index (χ1v) is 6.30. The molecule has 0 heterocycles. The van der Waals surface area contributed by atoms with Crippen LogP contribution in [-0.2, 0) is 0 Å². The number of fused-ring (bicyclic) bond motifs is 1. The van der Waals surface area contributed by atoms with Crippen molar-refractivity contribution in [1.82, 2.24) is 0 Å². The van der Waals surface area contributed by atoms with Crippen LogP contribution in [0.5, 0.6) is 0 Å². The van der Waals surface area contributed by atoms with Gasteiger partial charge < -0.3 is 0 Å². The Morgan fingerprint density at radius 2 is 2.06 bits per heavy atom. The molecule has 1 nitrogen and oxygen atoms in total.